The number of halogens is 1. The molecule has 0 radical (unpaired) electrons. The topological polar surface area (TPSA) is 53.0 Å². The van der Waals surface area contributed by atoms with Gasteiger partial charge in [-0.15, -0.1) is 0 Å². The zero-order valence-corrected chi connectivity index (χ0v) is 17.9. The Morgan fingerprint density at radius 3 is 2.79 bits per heavy atom. The van der Waals surface area contributed by atoms with Gasteiger partial charge in [0, 0.05) is 19.1 Å². The van der Waals surface area contributed by atoms with Crippen LogP contribution in [0.4, 0.5) is 0 Å². The number of carbonyl (C=O) groups is 1. The highest BCUT2D eigenvalue weighted by molar-refractivity contribution is 6.32. The minimum Gasteiger partial charge on any atom is -0.489 e. The smallest absolute Gasteiger partial charge is 0.236 e. The lowest BCUT2D eigenvalue weighted by atomic mass is 9.96. The summed E-state index contributed by atoms with van der Waals surface area (Å²) in [5.74, 6) is 0.770. The van der Waals surface area contributed by atoms with Gasteiger partial charge >= 0.3 is 0 Å². The quantitative estimate of drug-likeness (QED) is 0.780. The molecule has 1 unspecified atom stereocenters. The summed E-state index contributed by atoms with van der Waals surface area (Å²) < 4.78 is 5.85. The zero-order chi connectivity index (χ0) is 20.1. The summed E-state index contributed by atoms with van der Waals surface area (Å²) in [6.07, 6.45) is 6.86. The van der Waals surface area contributed by atoms with Crippen LogP contribution in [0.3, 0.4) is 0 Å². The summed E-state index contributed by atoms with van der Waals surface area (Å²) >= 11 is 6.19. The van der Waals surface area contributed by atoms with E-state index in [4.69, 9.17) is 16.3 Å². The molecule has 1 aromatic rings. The number of amides is 1. The number of likely N-dealkylation sites (tertiary alicyclic amines) is 1. The van der Waals surface area contributed by atoms with Crippen LogP contribution in [0.1, 0.15) is 50.5 Å². The van der Waals surface area contributed by atoms with Crippen LogP contribution in [0.5, 0.6) is 5.75 Å². The number of nitrogens with zero attached hydrogens (tertiary/aromatic N) is 2. The van der Waals surface area contributed by atoms with E-state index < -0.39 is 5.60 Å². The highest BCUT2D eigenvalue weighted by atomic mass is 35.5. The molecule has 0 bridgehead atoms. The van der Waals surface area contributed by atoms with Crippen LogP contribution >= 0.6 is 11.6 Å². The van der Waals surface area contributed by atoms with Crippen molar-refractivity contribution in [1.82, 2.24) is 9.80 Å². The fraction of sp³-hybridized carbons (Fsp3) is 0.682. The second-order valence-corrected chi connectivity index (χ2v) is 8.94. The van der Waals surface area contributed by atoms with E-state index in [9.17, 15) is 9.90 Å². The Balaban J connectivity index is 1.51. The molecule has 1 heterocycles. The molecule has 2 aliphatic rings. The predicted molar refractivity (Wildman–Crippen MR) is 112 cm³/mol. The third-order valence-electron chi connectivity index (χ3n) is 6.19. The fourth-order valence-corrected chi connectivity index (χ4v) is 4.47. The van der Waals surface area contributed by atoms with Crippen molar-refractivity contribution in [2.75, 3.05) is 33.3 Å². The first-order valence-electron chi connectivity index (χ1n) is 10.5. The maximum Gasteiger partial charge on any atom is 0.236 e. The van der Waals surface area contributed by atoms with Gasteiger partial charge in [0.15, 0.2) is 0 Å². The molecule has 1 N–H and O–H groups in total. The number of likely N-dealkylation sites (N-methyl/N-ethyl adjacent to an activating group) is 1. The molecule has 6 heteroatoms. The van der Waals surface area contributed by atoms with Gasteiger partial charge in [-0.05, 0) is 63.8 Å². The Kier molecular flexibility index (Phi) is 7.24. The van der Waals surface area contributed by atoms with Gasteiger partial charge in [-0.3, -0.25) is 9.69 Å². The van der Waals surface area contributed by atoms with E-state index in [1.807, 2.05) is 30.0 Å². The van der Waals surface area contributed by atoms with E-state index in [0.717, 1.165) is 12.0 Å². The Bertz CT molecular complexity index is 678. The van der Waals surface area contributed by atoms with E-state index in [1.54, 1.807) is 0 Å². The maximum atomic E-state index is 12.7. The molecule has 1 atom stereocenters. The molecule has 0 spiro atoms. The first kappa shape index (κ1) is 21.4. The molecule has 1 aromatic carbocycles. The van der Waals surface area contributed by atoms with Crippen LogP contribution < -0.4 is 4.74 Å². The largest absolute Gasteiger partial charge is 0.489 e. The summed E-state index contributed by atoms with van der Waals surface area (Å²) in [4.78, 5) is 16.9. The number of carbonyl (C=O) groups excluding carboxylic acids is 1. The number of hydrogen-bond acceptors (Lipinski definition) is 4. The summed E-state index contributed by atoms with van der Waals surface area (Å²) in [6, 6.07) is 6.17. The molecule has 5 nitrogen and oxygen atoms in total. The summed E-state index contributed by atoms with van der Waals surface area (Å²) in [5.41, 5.74) is 0.134. The second-order valence-electron chi connectivity index (χ2n) is 8.53. The molecule has 1 aliphatic carbocycles. The third kappa shape index (κ3) is 5.62. The van der Waals surface area contributed by atoms with Crippen LogP contribution in [-0.2, 0) is 4.79 Å². The van der Waals surface area contributed by atoms with Gasteiger partial charge in [0.25, 0.3) is 0 Å². The van der Waals surface area contributed by atoms with Crippen molar-refractivity contribution in [1.29, 1.82) is 0 Å². The van der Waals surface area contributed by atoms with Crippen molar-refractivity contribution in [2.45, 2.75) is 63.5 Å². The molecule has 1 saturated heterocycles. The van der Waals surface area contributed by atoms with Crippen molar-refractivity contribution in [3.05, 3.63) is 28.8 Å². The Morgan fingerprint density at radius 2 is 2.04 bits per heavy atom. The van der Waals surface area contributed by atoms with Gasteiger partial charge in [-0.2, -0.15) is 0 Å². The molecule has 156 valence electrons. The van der Waals surface area contributed by atoms with Gasteiger partial charge in [0.05, 0.1) is 11.6 Å². The van der Waals surface area contributed by atoms with E-state index in [0.29, 0.717) is 49.3 Å². The minimum absolute atomic E-state index is 0.168. The van der Waals surface area contributed by atoms with Crippen LogP contribution in [0, 0.1) is 6.92 Å². The van der Waals surface area contributed by atoms with E-state index in [-0.39, 0.29) is 12.5 Å². The van der Waals surface area contributed by atoms with Crippen molar-refractivity contribution >= 4 is 17.5 Å². The first-order valence-corrected chi connectivity index (χ1v) is 10.8. The lowest BCUT2D eigenvalue weighted by Gasteiger charge is -2.29. The summed E-state index contributed by atoms with van der Waals surface area (Å²) in [5, 5.41) is 11.6. The summed E-state index contributed by atoms with van der Waals surface area (Å²) in [7, 11) is 2.06. The lowest BCUT2D eigenvalue weighted by molar-refractivity contribution is -0.132. The Morgan fingerprint density at radius 1 is 1.29 bits per heavy atom. The molecule has 1 saturated carbocycles. The molecular formula is C22H33ClN2O3. The Hall–Kier alpha value is -1.30. The highest BCUT2D eigenvalue weighted by Crippen LogP contribution is 2.29. The van der Waals surface area contributed by atoms with Gasteiger partial charge in [-0.25, -0.2) is 0 Å². The zero-order valence-electron chi connectivity index (χ0n) is 17.1. The molecule has 2 fully saturated rings. The Labute approximate surface area is 173 Å². The molecule has 1 aliphatic heterocycles. The van der Waals surface area contributed by atoms with Gasteiger partial charge in [0.1, 0.15) is 18.0 Å². The highest BCUT2D eigenvalue weighted by Gasteiger charge is 2.33. The molecular weight excluding hydrogens is 376 g/mol. The lowest BCUT2D eigenvalue weighted by Crippen LogP contribution is -2.43. The van der Waals surface area contributed by atoms with Crippen LogP contribution in [0.25, 0.3) is 0 Å². The monoisotopic (exact) mass is 408 g/mol. The van der Waals surface area contributed by atoms with Crippen LogP contribution in [-0.4, -0.2) is 65.7 Å². The SMILES string of the molecule is Cc1ccc(Cl)c(OCC2(O)CCCN(C(=O)CN(C)C3CCCC3)CC2)c1. The minimum atomic E-state index is -0.931. The fourth-order valence-electron chi connectivity index (χ4n) is 4.29. The number of aryl methyl sites for hydroxylation is 1. The summed E-state index contributed by atoms with van der Waals surface area (Å²) in [6.45, 7) is 3.91. The molecule has 1 amide bonds. The first-order chi connectivity index (χ1) is 13.4. The third-order valence-corrected chi connectivity index (χ3v) is 6.50. The number of ether oxygens (including phenoxy) is 1. The average Bonchev–Trinajstić information content (AvgIpc) is 3.13. The van der Waals surface area contributed by atoms with E-state index in [1.165, 1.54) is 25.7 Å². The van der Waals surface area contributed by atoms with E-state index >= 15 is 0 Å². The van der Waals surface area contributed by atoms with Crippen molar-refractivity contribution in [2.24, 2.45) is 0 Å². The van der Waals surface area contributed by atoms with E-state index in [2.05, 4.69) is 11.9 Å². The van der Waals surface area contributed by atoms with Crippen LogP contribution in [0.15, 0.2) is 18.2 Å². The average molecular weight is 409 g/mol. The standard InChI is InChI=1S/C22H33ClN2O3/c1-17-8-9-19(23)20(14-17)28-16-22(27)10-5-12-25(13-11-22)21(26)15-24(2)18-6-3-4-7-18/h8-9,14,18,27H,3-7,10-13,15-16H2,1-2H3. The van der Waals surface area contributed by atoms with Gasteiger partial charge < -0.3 is 14.7 Å². The normalized spacial score (nSPS) is 23.8. The van der Waals surface area contributed by atoms with Crippen molar-refractivity contribution < 1.29 is 14.6 Å². The second kappa shape index (κ2) is 9.47. The maximum absolute atomic E-state index is 12.7. The van der Waals surface area contributed by atoms with Gasteiger partial charge in [-0.1, -0.05) is 30.5 Å². The number of rotatable bonds is 6. The molecule has 0 aromatic heterocycles. The molecule has 3 rings (SSSR count). The predicted octanol–water partition coefficient (Wildman–Crippen LogP) is 3.65. The van der Waals surface area contributed by atoms with Crippen LogP contribution in [0.2, 0.25) is 5.02 Å². The van der Waals surface area contributed by atoms with Crippen molar-refractivity contribution in [3.8, 4) is 5.75 Å². The number of hydrogen-bond donors (Lipinski definition) is 1. The number of benzene rings is 1. The molecule has 28 heavy (non-hydrogen) atoms. The number of aliphatic hydroxyl groups is 1. The van der Waals surface area contributed by atoms with Crippen molar-refractivity contribution in [3.63, 3.8) is 0 Å². The van der Waals surface area contributed by atoms with Gasteiger partial charge in [0.2, 0.25) is 5.91 Å².